The van der Waals surface area contributed by atoms with Gasteiger partial charge in [0, 0.05) is 60.0 Å². The number of piperazine rings is 1. The summed E-state index contributed by atoms with van der Waals surface area (Å²) in [5.74, 6) is -0.888. The van der Waals surface area contributed by atoms with Gasteiger partial charge in [-0.25, -0.2) is 4.39 Å². The zero-order chi connectivity index (χ0) is 25.8. The Morgan fingerprint density at radius 1 is 1.11 bits per heavy atom. The van der Waals surface area contributed by atoms with Gasteiger partial charge in [0.15, 0.2) is 0 Å². The molecule has 1 aliphatic heterocycles. The maximum Gasteiger partial charge on any atom is 0.246 e. The molecule has 0 radical (unpaired) electrons. The maximum absolute atomic E-state index is 14.7. The molecule has 2 aromatic rings. The first-order valence-corrected chi connectivity index (χ1v) is 12.2. The lowest BCUT2D eigenvalue weighted by molar-refractivity contribution is -0.127. The second kappa shape index (κ2) is 10.9. The van der Waals surface area contributed by atoms with Crippen molar-refractivity contribution in [2.75, 3.05) is 26.2 Å². The van der Waals surface area contributed by atoms with Gasteiger partial charge < -0.3 is 20.3 Å². The number of phenols is 1. The molecule has 4 rings (SSSR count). The van der Waals surface area contributed by atoms with Crippen LogP contribution in [0.4, 0.5) is 4.39 Å². The van der Waals surface area contributed by atoms with Crippen LogP contribution in [0, 0.1) is 16.6 Å². The molecule has 0 saturated carbocycles. The molecule has 36 heavy (non-hydrogen) atoms. The third-order valence-corrected chi connectivity index (χ3v) is 6.80. The molecule has 1 heterocycles. The number of carbonyl (C=O) groups is 1. The SMILES string of the molecule is C=CC(=O)N1CCN(C(=N)c2cc(-c3c(O)cccc3F)c(Cl)cc2C(=N)CC2=CCCC=C2)CC1. The predicted octanol–water partition coefficient (Wildman–Crippen LogP) is 5.54. The van der Waals surface area contributed by atoms with Crippen molar-refractivity contribution in [1.82, 2.24) is 9.80 Å². The van der Waals surface area contributed by atoms with E-state index < -0.39 is 5.82 Å². The average molecular weight is 507 g/mol. The van der Waals surface area contributed by atoms with Gasteiger partial charge in [-0.15, -0.1) is 0 Å². The van der Waals surface area contributed by atoms with Gasteiger partial charge >= 0.3 is 0 Å². The Hall–Kier alpha value is -3.71. The van der Waals surface area contributed by atoms with Crippen LogP contribution in [0.25, 0.3) is 11.1 Å². The molecule has 2 aromatic carbocycles. The molecular formula is C28H28ClFN4O2. The van der Waals surface area contributed by atoms with Gasteiger partial charge in [-0.2, -0.15) is 0 Å². The van der Waals surface area contributed by atoms with E-state index in [0.29, 0.717) is 49.4 Å². The molecule has 186 valence electrons. The average Bonchev–Trinajstić information content (AvgIpc) is 2.89. The number of amides is 1. The van der Waals surface area contributed by atoms with Crippen LogP contribution in [0.2, 0.25) is 5.02 Å². The van der Waals surface area contributed by atoms with Crippen LogP contribution >= 0.6 is 11.6 Å². The maximum atomic E-state index is 14.7. The molecular weight excluding hydrogens is 479 g/mol. The van der Waals surface area contributed by atoms with Crippen molar-refractivity contribution in [2.24, 2.45) is 0 Å². The van der Waals surface area contributed by atoms with Gasteiger partial charge in [0.25, 0.3) is 0 Å². The number of halogens is 2. The van der Waals surface area contributed by atoms with Crippen molar-refractivity contribution >= 4 is 29.1 Å². The van der Waals surface area contributed by atoms with E-state index in [2.05, 4.69) is 18.7 Å². The summed E-state index contributed by atoms with van der Waals surface area (Å²) in [6.45, 7) is 5.27. The smallest absolute Gasteiger partial charge is 0.246 e. The number of amidine groups is 1. The van der Waals surface area contributed by atoms with Gasteiger partial charge in [-0.1, -0.05) is 42.5 Å². The van der Waals surface area contributed by atoms with Crippen LogP contribution in [0.5, 0.6) is 5.75 Å². The molecule has 2 aliphatic rings. The number of nitrogens with zero attached hydrogens (tertiary/aromatic N) is 2. The Kier molecular flexibility index (Phi) is 7.70. The Morgan fingerprint density at radius 2 is 1.83 bits per heavy atom. The highest BCUT2D eigenvalue weighted by atomic mass is 35.5. The summed E-state index contributed by atoms with van der Waals surface area (Å²) in [6, 6.07) is 7.20. The molecule has 8 heteroatoms. The van der Waals surface area contributed by atoms with Crippen molar-refractivity contribution < 1.29 is 14.3 Å². The van der Waals surface area contributed by atoms with Crippen molar-refractivity contribution in [3.63, 3.8) is 0 Å². The highest BCUT2D eigenvalue weighted by Gasteiger charge is 2.26. The number of rotatable bonds is 6. The van der Waals surface area contributed by atoms with Crippen LogP contribution in [0.3, 0.4) is 0 Å². The van der Waals surface area contributed by atoms with Crippen LogP contribution in [-0.4, -0.2) is 58.5 Å². The number of allylic oxidation sites excluding steroid dienone is 4. The third kappa shape index (κ3) is 5.26. The number of nitrogens with one attached hydrogen (secondary N) is 2. The number of benzene rings is 2. The van der Waals surface area contributed by atoms with Gasteiger partial charge in [0.2, 0.25) is 5.91 Å². The van der Waals surface area contributed by atoms with E-state index in [1.54, 1.807) is 17.0 Å². The van der Waals surface area contributed by atoms with Crippen LogP contribution < -0.4 is 0 Å². The Bertz CT molecular complexity index is 1270. The van der Waals surface area contributed by atoms with Crippen molar-refractivity contribution in [2.45, 2.75) is 19.3 Å². The van der Waals surface area contributed by atoms with E-state index in [4.69, 9.17) is 22.4 Å². The number of carbonyl (C=O) groups excluding carboxylic acids is 1. The molecule has 0 bridgehead atoms. The molecule has 0 unspecified atom stereocenters. The lowest BCUT2D eigenvalue weighted by atomic mass is 9.91. The van der Waals surface area contributed by atoms with Gasteiger partial charge in [-0.3, -0.25) is 10.2 Å². The topological polar surface area (TPSA) is 91.5 Å². The van der Waals surface area contributed by atoms with Gasteiger partial charge in [-0.05, 0) is 48.8 Å². The number of aromatic hydroxyl groups is 1. The summed E-state index contributed by atoms with van der Waals surface area (Å²) in [5, 5.41) is 28.4. The lowest BCUT2D eigenvalue weighted by Crippen LogP contribution is -2.50. The highest BCUT2D eigenvalue weighted by Crippen LogP contribution is 2.38. The summed E-state index contributed by atoms with van der Waals surface area (Å²) in [4.78, 5) is 15.5. The Labute approximate surface area is 215 Å². The van der Waals surface area contributed by atoms with E-state index in [1.165, 1.54) is 24.3 Å². The number of hydrogen-bond acceptors (Lipinski definition) is 4. The first-order valence-electron chi connectivity index (χ1n) is 11.8. The fourth-order valence-electron chi connectivity index (χ4n) is 4.54. The van der Waals surface area contributed by atoms with Crippen LogP contribution in [0.1, 0.15) is 30.4 Å². The van der Waals surface area contributed by atoms with E-state index in [-0.39, 0.29) is 33.6 Å². The normalized spacial score (nSPS) is 15.4. The first kappa shape index (κ1) is 25.4. The summed E-state index contributed by atoms with van der Waals surface area (Å²) in [7, 11) is 0. The van der Waals surface area contributed by atoms with E-state index in [9.17, 15) is 14.3 Å². The molecule has 0 aromatic heterocycles. The quantitative estimate of drug-likeness (QED) is 0.273. The van der Waals surface area contributed by atoms with E-state index in [0.717, 1.165) is 18.4 Å². The van der Waals surface area contributed by atoms with Crippen LogP contribution in [-0.2, 0) is 4.79 Å². The minimum atomic E-state index is -0.633. The van der Waals surface area contributed by atoms with Crippen LogP contribution in [0.15, 0.2) is 66.8 Å². The second-order valence-electron chi connectivity index (χ2n) is 8.79. The molecule has 0 atom stereocenters. The minimum Gasteiger partial charge on any atom is -0.507 e. The largest absolute Gasteiger partial charge is 0.507 e. The molecule has 1 amide bonds. The van der Waals surface area contributed by atoms with E-state index in [1.807, 2.05) is 11.0 Å². The van der Waals surface area contributed by atoms with Crippen molar-refractivity contribution in [3.8, 4) is 16.9 Å². The first-order chi connectivity index (χ1) is 17.3. The molecule has 6 nitrogen and oxygen atoms in total. The molecule has 1 aliphatic carbocycles. The fourth-order valence-corrected chi connectivity index (χ4v) is 4.80. The van der Waals surface area contributed by atoms with Crippen molar-refractivity contribution in [3.05, 3.63) is 88.8 Å². The van der Waals surface area contributed by atoms with E-state index >= 15 is 0 Å². The summed E-state index contributed by atoms with van der Waals surface area (Å²) < 4.78 is 14.7. The zero-order valence-electron chi connectivity index (χ0n) is 19.9. The lowest BCUT2D eigenvalue weighted by Gasteiger charge is -2.36. The molecule has 3 N–H and O–H groups in total. The molecule has 1 fully saturated rings. The minimum absolute atomic E-state index is 0.0473. The summed E-state index contributed by atoms with van der Waals surface area (Å²) >= 11 is 6.59. The standard InChI is InChI=1S/C28H28ClFN4O2/c1-2-26(36)33-11-13-34(14-12-33)28(32)20-16-21(27-23(30)9-6-10-25(27)35)22(29)17-19(20)24(31)15-18-7-4-3-5-8-18/h2,4,6-10,16-17,31-32,35H,1,3,5,11-15H2. The Morgan fingerprint density at radius 3 is 2.47 bits per heavy atom. The monoisotopic (exact) mass is 506 g/mol. The highest BCUT2D eigenvalue weighted by molar-refractivity contribution is 6.34. The molecule has 1 saturated heterocycles. The zero-order valence-corrected chi connectivity index (χ0v) is 20.6. The number of hydrogen-bond donors (Lipinski definition) is 3. The third-order valence-electron chi connectivity index (χ3n) is 6.48. The second-order valence-corrected chi connectivity index (χ2v) is 9.20. The summed E-state index contributed by atoms with van der Waals surface area (Å²) in [5.41, 5.74) is 2.42. The fraction of sp³-hybridized carbons (Fsp3) is 0.250. The summed E-state index contributed by atoms with van der Waals surface area (Å²) in [6.07, 6.45) is 9.73. The Balaban J connectivity index is 1.74. The van der Waals surface area contributed by atoms with Gasteiger partial charge in [0.1, 0.15) is 17.4 Å². The molecule has 0 spiro atoms. The number of phenolic OH excluding ortho intramolecular Hbond substituents is 1. The van der Waals surface area contributed by atoms with Gasteiger partial charge in [0.05, 0.1) is 5.56 Å². The predicted molar refractivity (Wildman–Crippen MR) is 142 cm³/mol. The van der Waals surface area contributed by atoms with Crippen molar-refractivity contribution in [1.29, 1.82) is 10.8 Å².